The van der Waals surface area contributed by atoms with Crippen molar-refractivity contribution in [1.29, 1.82) is 0 Å². The van der Waals surface area contributed by atoms with Crippen LogP contribution < -0.4 is 10.1 Å². The summed E-state index contributed by atoms with van der Waals surface area (Å²) in [6.07, 6.45) is 0. The minimum atomic E-state index is -0.492. The number of carbonyl (C=O) groups excluding carboxylic acids is 1. The van der Waals surface area contributed by atoms with Crippen LogP contribution in [0.5, 0.6) is 5.75 Å². The predicted octanol–water partition coefficient (Wildman–Crippen LogP) is 3.33. The van der Waals surface area contributed by atoms with Crippen molar-refractivity contribution in [3.63, 3.8) is 0 Å². The van der Waals surface area contributed by atoms with Gasteiger partial charge in [0.25, 0.3) is 0 Å². The van der Waals surface area contributed by atoms with Gasteiger partial charge in [0.2, 0.25) is 5.91 Å². The number of carbonyl (C=O) groups is 1. The van der Waals surface area contributed by atoms with Crippen LogP contribution in [0.3, 0.4) is 0 Å². The fourth-order valence-electron chi connectivity index (χ4n) is 2.36. The molecule has 2 aromatic rings. The summed E-state index contributed by atoms with van der Waals surface area (Å²) in [5.74, 6) is 0.00267. The van der Waals surface area contributed by atoms with Crippen molar-refractivity contribution in [3.05, 3.63) is 63.2 Å². The van der Waals surface area contributed by atoms with Crippen LogP contribution in [0.25, 0.3) is 0 Å². The Morgan fingerprint density at radius 1 is 1.32 bits per heavy atom. The monoisotopic (exact) mass is 363 g/mol. The van der Waals surface area contributed by atoms with Gasteiger partial charge in [0.1, 0.15) is 0 Å². The van der Waals surface area contributed by atoms with Gasteiger partial charge in [-0.1, -0.05) is 23.7 Å². The Kier molecular flexibility index (Phi) is 6.32. The Balaban J connectivity index is 1.97. The van der Waals surface area contributed by atoms with Gasteiger partial charge >= 0.3 is 5.69 Å². The zero-order valence-corrected chi connectivity index (χ0v) is 14.6. The Morgan fingerprint density at radius 2 is 2.08 bits per heavy atom. The molecule has 8 heteroatoms. The molecule has 0 aliphatic rings. The van der Waals surface area contributed by atoms with Gasteiger partial charge < -0.3 is 10.1 Å². The largest absolute Gasteiger partial charge is 0.490 e. The van der Waals surface area contributed by atoms with Gasteiger partial charge in [-0.3, -0.25) is 19.8 Å². The number of nitro benzene ring substituents is 1. The van der Waals surface area contributed by atoms with Gasteiger partial charge in [-0.2, -0.15) is 0 Å². The summed E-state index contributed by atoms with van der Waals surface area (Å²) >= 11 is 5.88. The highest BCUT2D eigenvalue weighted by Crippen LogP contribution is 2.27. The van der Waals surface area contributed by atoms with Crippen LogP contribution in [-0.2, 0) is 11.3 Å². The van der Waals surface area contributed by atoms with Gasteiger partial charge in [-0.05, 0) is 36.9 Å². The van der Waals surface area contributed by atoms with Gasteiger partial charge in [0.05, 0.1) is 18.6 Å². The first kappa shape index (κ1) is 18.7. The van der Waals surface area contributed by atoms with Gasteiger partial charge in [0.15, 0.2) is 5.75 Å². The summed E-state index contributed by atoms with van der Waals surface area (Å²) in [4.78, 5) is 24.4. The smallest absolute Gasteiger partial charge is 0.311 e. The highest BCUT2D eigenvalue weighted by atomic mass is 35.5. The number of halogens is 1. The summed E-state index contributed by atoms with van der Waals surface area (Å²) in [5.41, 5.74) is 1.23. The van der Waals surface area contributed by atoms with Crippen LogP contribution in [0, 0.1) is 10.1 Å². The number of anilines is 1. The first-order valence-corrected chi connectivity index (χ1v) is 7.82. The summed E-state index contributed by atoms with van der Waals surface area (Å²) in [6.45, 7) is 0.514. The molecule has 0 unspecified atom stereocenters. The molecule has 1 N–H and O–H groups in total. The molecule has 0 aliphatic heterocycles. The molecule has 0 saturated carbocycles. The van der Waals surface area contributed by atoms with E-state index < -0.39 is 4.92 Å². The molecule has 7 nitrogen and oxygen atoms in total. The topological polar surface area (TPSA) is 84.7 Å². The van der Waals surface area contributed by atoms with Crippen LogP contribution in [0.2, 0.25) is 5.02 Å². The highest BCUT2D eigenvalue weighted by molar-refractivity contribution is 6.30. The molecule has 0 aliphatic carbocycles. The molecule has 132 valence electrons. The Hall–Kier alpha value is -2.64. The van der Waals surface area contributed by atoms with Gasteiger partial charge in [-0.15, -0.1) is 0 Å². The first-order chi connectivity index (χ1) is 11.9. The number of nitrogens with zero attached hydrogens (tertiary/aromatic N) is 2. The maximum atomic E-state index is 12.1. The third-order valence-electron chi connectivity index (χ3n) is 3.41. The zero-order chi connectivity index (χ0) is 18.4. The SMILES string of the molecule is COc1ccc(CN(C)CC(=O)Nc2cccc(Cl)c2)cc1[N+](=O)[O-]. The van der Waals surface area contributed by atoms with E-state index in [0.717, 1.165) is 0 Å². The summed E-state index contributed by atoms with van der Waals surface area (Å²) in [5, 5.41) is 14.4. The average molecular weight is 364 g/mol. The van der Waals surface area contributed by atoms with E-state index >= 15 is 0 Å². The van der Waals surface area contributed by atoms with Crippen molar-refractivity contribution in [1.82, 2.24) is 4.90 Å². The molecular weight excluding hydrogens is 346 g/mol. The lowest BCUT2D eigenvalue weighted by molar-refractivity contribution is -0.385. The number of amides is 1. The maximum absolute atomic E-state index is 12.1. The molecule has 0 spiro atoms. The molecule has 0 radical (unpaired) electrons. The minimum absolute atomic E-state index is 0.100. The van der Waals surface area contributed by atoms with Gasteiger partial charge in [-0.25, -0.2) is 0 Å². The Bertz CT molecular complexity index is 782. The van der Waals surface area contributed by atoms with Crippen LogP contribution in [0.4, 0.5) is 11.4 Å². The lowest BCUT2D eigenvalue weighted by Gasteiger charge is -2.16. The van der Waals surface area contributed by atoms with E-state index in [4.69, 9.17) is 16.3 Å². The van der Waals surface area contributed by atoms with E-state index in [1.54, 1.807) is 48.3 Å². The fourth-order valence-corrected chi connectivity index (χ4v) is 2.55. The average Bonchev–Trinajstić information content (AvgIpc) is 2.54. The van der Waals surface area contributed by atoms with Gasteiger partial charge in [0, 0.05) is 23.3 Å². The fraction of sp³-hybridized carbons (Fsp3) is 0.235. The third kappa shape index (κ3) is 5.44. The van der Waals surface area contributed by atoms with Crippen LogP contribution >= 0.6 is 11.6 Å². The van der Waals surface area contributed by atoms with Crippen LogP contribution in [-0.4, -0.2) is 36.4 Å². The van der Waals surface area contributed by atoms with Crippen molar-refractivity contribution in [2.45, 2.75) is 6.54 Å². The van der Waals surface area contributed by atoms with E-state index in [-0.39, 0.29) is 23.9 Å². The molecular formula is C17H18ClN3O4. The zero-order valence-electron chi connectivity index (χ0n) is 13.9. The molecule has 0 fully saturated rings. The van der Waals surface area contributed by atoms with E-state index in [2.05, 4.69) is 5.32 Å². The molecule has 0 saturated heterocycles. The second-order valence-corrected chi connectivity index (χ2v) is 5.93. The molecule has 25 heavy (non-hydrogen) atoms. The third-order valence-corrected chi connectivity index (χ3v) is 3.65. The lowest BCUT2D eigenvalue weighted by atomic mass is 10.1. The van der Waals surface area contributed by atoms with Crippen molar-refractivity contribution >= 4 is 28.9 Å². The molecule has 2 rings (SSSR count). The second kappa shape index (κ2) is 8.46. The van der Waals surface area contributed by atoms with Crippen LogP contribution in [0.15, 0.2) is 42.5 Å². The van der Waals surface area contributed by atoms with Crippen LogP contribution in [0.1, 0.15) is 5.56 Å². The first-order valence-electron chi connectivity index (χ1n) is 7.44. The minimum Gasteiger partial charge on any atom is -0.490 e. The number of hydrogen-bond acceptors (Lipinski definition) is 5. The highest BCUT2D eigenvalue weighted by Gasteiger charge is 2.16. The number of rotatable bonds is 7. The van der Waals surface area contributed by atoms with Crippen molar-refractivity contribution in [2.75, 3.05) is 26.0 Å². The number of nitrogens with one attached hydrogen (secondary N) is 1. The number of nitro groups is 1. The van der Waals surface area contributed by atoms with Crippen molar-refractivity contribution in [2.24, 2.45) is 0 Å². The Labute approximate surface area is 150 Å². The second-order valence-electron chi connectivity index (χ2n) is 5.49. The molecule has 2 aromatic carbocycles. The van der Waals surface area contributed by atoms with Crippen molar-refractivity contribution in [3.8, 4) is 5.75 Å². The van der Waals surface area contributed by atoms with E-state index in [9.17, 15) is 14.9 Å². The van der Waals surface area contributed by atoms with E-state index in [1.807, 2.05) is 0 Å². The lowest BCUT2D eigenvalue weighted by Crippen LogP contribution is -2.29. The quantitative estimate of drug-likeness (QED) is 0.602. The number of likely N-dealkylation sites (N-methyl/N-ethyl adjacent to an activating group) is 1. The predicted molar refractivity (Wildman–Crippen MR) is 96.1 cm³/mol. The molecule has 0 heterocycles. The normalized spacial score (nSPS) is 10.6. The molecule has 0 aromatic heterocycles. The van der Waals surface area contributed by atoms with Crippen molar-refractivity contribution < 1.29 is 14.5 Å². The number of methoxy groups -OCH3 is 1. The number of ether oxygens (including phenoxy) is 1. The molecule has 0 atom stereocenters. The summed E-state index contributed by atoms with van der Waals surface area (Å²) in [6, 6.07) is 11.6. The number of benzene rings is 2. The Morgan fingerprint density at radius 3 is 2.72 bits per heavy atom. The summed E-state index contributed by atoms with van der Waals surface area (Å²) in [7, 11) is 3.14. The molecule has 1 amide bonds. The standard InChI is InChI=1S/C17H18ClN3O4/c1-20(11-17(22)19-14-5-3-4-13(18)9-14)10-12-6-7-16(25-2)15(8-12)21(23)24/h3-9H,10-11H2,1-2H3,(H,19,22). The summed E-state index contributed by atoms with van der Waals surface area (Å²) < 4.78 is 4.98. The number of hydrogen-bond donors (Lipinski definition) is 1. The maximum Gasteiger partial charge on any atom is 0.311 e. The van der Waals surface area contributed by atoms with E-state index in [0.29, 0.717) is 22.8 Å². The molecule has 0 bridgehead atoms. The van der Waals surface area contributed by atoms with E-state index in [1.165, 1.54) is 13.2 Å².